The number of aromatic nitrogens is 3. The molecule has 2 aliphatic rings. The monoisotopic (exact) mass is 556 g/mol. The summed E-state index contributed by atoms with van der Waals surface area (Å²) in [5.41, 5.74) is -3.32. The first-order valence-corrected chi connectivity index (χ1v) is 12.0. The van der Waals surface area contributed by atoms with Gasteiger partial charge in [0.05, 0.1) is 29.3 Å². The van der Waals surface area contributed by atoms with Crippen LogP contribution in [-0.4, -0.2) is 44.3 Å². The molecule has 0 bridgehead atoms. The van der Waals surface area contributed by atoms with E-state index in [2.05, 4.69) is 10.2 Å². The van der Waals surface area contributed by atoms with Crippen molar-refractivity contribution in [2.45, 2.75) is 56.9 Å². The fourth-order valence-corrected chi connectivity index (χ4v) is 5.67. The molecule has 0 saturated carbocycles. The predicted molar refractivity (Wildman–Crippen MR) is 122 cm³/mol. The Labute approximate surface area is 218 Å². The maximum Gasteiger partial charge on any atom is 0.416 e. The minimum atomic E-state index is -4.98. The van der Waals surface area contributed by atoms with E-state index < -0.39 is 53.3 Å². The van der Waals surface area contributed by atoms with Crippen LogP contribution in [0.3, 0.4) is 0 Å². The van der Waals surface area contributed by atoms with E-state index in [9.17, 15) is 35.5 Å². The van der Waals surface area contributed by atoms with Gasteiger partial charge in [0.25, 0.3) is 0 Å². The summed E-state index contributed by atoms with van der Waals surface area (Å²) in [5, 5.41) is 7.53. The number of fused-ring (bicyclic) bond motifs is 1. The first kappa shape index (κ1) is 27.1. The number of carbonyl (C=O) groups excluding carboxylic acids is 1. The highest BCUT2D eigenvalue weighted by Gasteiger charge is 2.57. The van der Waals surface area contributed by atoms with Gasteiger partial charge >= 0.3 is 12.4 Å². The van der Waals surface area contributed by atoms with E-state index in [1.165, 1.54) is 24.8 Å². The van der Waals surface area contributed by atoms with Crippen LogP contribution in [0.2, 0.25) is 0 Å². The van der Waals surface area contributed by atoms with Crippen LogP contribution in [-0.2, 0) is 35.0 Å². The van der Waals surface area contributed by atoms with Crippen molar-refractivity contribution in [2.75, 3.05) is 6.54 Å². The number of rotatable bonds is 6. The minimum Gasteiger partial charge on any atom is -0.371 e. The van der Waals surface area contributed by atoms with Crippen LogP contribution in [0.25, 0.3) is 0 Å². The molecule has 2 unspecified atom stereocenters. The number of benzene rings is 2. The number of nitrogens with zero attached hydrogens (tertiary/aromatic N) is 4. The van der Waals surface area contributed by atoms with Gasteiger partial charge in [0.15, 0.2) is 0 Å². The Hall–Kier alpha value is -3.48. The second-order valence-electron chi connectivity index (χ2n) is 10.3. The van der Waals surface area contributed by atoms with Crippen LogP contribution in [0.1, 0.15) is 41.5 Å². The van der Waals surface area contributed by atoms with E-state index >= 15 is 0 Å². The van der Waals surface area contributed by atoms with Crippen molar-refractivity contribution in [1.82, 2.24) is 19.7 Å². The lowest BCUT2D eigenvalue weighted by Crippen LogP contribution is -2.37. The van der Waals surface area contributed by atoms with Crippen molar-refractivity contribution in [3.63, 3.8) is 0 Å². The molecule has 0 radical (unpaired) electrons. The van der Waals surface area contributed by atoms with Crippen LogP contribution in [0.5, 0.6) is 0 Å². The van der Waals surface area contributed by atoms with Crippen LogP contribution >= 0.6 is 0 Å². The summed E-state index contributed by atoms with van der Waals surface area (Å²) in [6.45, 7) is 1.67. The molecule has 0 N–H and O–H groups in total. The van der Waals surface area contributed by atoms with E-state index in [4.69, 9.17) is 4.74 Å². The molecule has 39 heavy (non-hydrogen) atoms. The van der Waals surface area contributed by atoms with Crippen molar-refractivity contribution in [1.29, 1.82) is 0 Å². The Morgan fingerprint density at radius 2 is 1.56 bits per heavy atom. The quantitative estimate of drug-likeness (QED) is 0.380. The SMILES string of the molecule is CC1(Cn2cnnc2)C[C@H]2C(c3ccc(F)cc3)[C@@H](OCc3cc(C(F)(F)F)cc(C(F)(F)F)c3)CN2C1=O. The molecule has 3 aromatic rings. The average molecular weight is 556 g/mol. The zero-order valence-corrected chi connectivity index (χ0v) is 20.5. The van der Waals surface area contributed by atoms with Crippen LogP contribution < -0.4 is 0 Å². The number of ether oxygens (including phenoxy) is 1. The Bertz CT molecular complexity index is 1310. The minimum absolute atomic E-state index is 0.0613. The fraction of sp³-hybridized carbons (Fsp3) is 0.423. The zero-order chi connectivity index (χ0) is 28.2. The summed E-state index contributed by atoms with van der Waals surface area (Å²) in [7, 11) is 0. The molecule has 2 fully saturated rings. The summed E-state index contributed by atoms with van der Waals surface area (Å²) in [6.07, 6.45) is -7.32. The molecule has 13 heteroatoms. The lowest BCUT2D eigenvalue weighted by Gasteiger charge is -2.27. The third-order valence-corrected chi connectivity index (χ3v) is 7.39. The van der Waals surface area contributed by atoms with Crippen LogP contribution in [0.4, 0.5) is 30.7 Å². The van der Waals surface area contributed by atoms with Gasteiger partial charge in [-0.3, -0.25) is 4.79 Å². The maximum atomic E-state index is 13.7. The number of hydrogen-bond acceptors (Lipinski definition) is 4. The molecule has 6 nitrogen and oxygen atoms in total. The highest BCUT2D eigenvalue weighted by molar-refractivity contribution is 5.85. The second-order valence-corrected chi connectivity index (χ2v) is 10.3. The van der Waals surface area contributed by atoms with E-state index in [0.717, 1.165) is 0 Å². The van der Waals surface area contributed by atoms with Gasteiger partial charge in [-0.05, 0) is 54.8 Å². The smallest absolute Gasteiger partial charge is 0.371 e. The van der Waals surface area contributed by atoms with Gasteiger partial charge in [0.2, 0.25) is 5.91 Å². The Morgan fingerprint density at radius 3 is 2.13 bits per heavy atom. The van der Waals surface area contributed by atoms with Crippen molar-refractivity contribution >= 4 is 5.91 Å². The van der Waals surface area contributed by atoms with Gasteiger partial charge in [-0.25, -0.2) is 4.39 Å². The highest BCUT2D eigenvalue weighted by Crippen LogP contribution is 2.49. The first-order valence-electron chi connectivity index (χ1n) is 12.0. The number of carbonyl (C=O) groups is 1. The number of hydrogen-bond donors (Lipinski definition) is 0. The fourth-order valence-electron chi connectivity index (χ4n) is 5.67. The number of alkyl halides is 6. The molecule has 2 saturated heterocycles. The molecule has 3 heterocycles. The van der Waals surface area contributed by atoms with Gasteiger partial charge in [-0.1, -0.05) is 12.1 Å². The largest absolute Gasteiger partial charge is 0.416 e. The molecule has 1 aromatic heterocycles. The topological polar surface area (TPSA) is 60.2 Å². The van der Waals surface area contributed by atoms with Crippen molar-refractivity contribution < 1.29 is 40.3 Å². The summed E-state index contributed by atoms with van der Waals surface area (Å²) in [6, 6.07) is 6.54. The van der Waals surface area contributed by atoms with Gasteiger partial charge in [0.1, 0.15) is 18.5 Å². The van der Waals surface area contributed by atoms with E-state index in [1.54, 1.807) is 21.6 Å². The lowest BCUT2D eigenvalue weighted by atomic mass is 9.80. The lowest BCUT2D eigenvalue weighted by molar-refractivity contribution is -0.143. The van der Waals surface area contributed by atoms with E-state index in [0.29, 0.717) is 30.7 Å². The summed E-state index contributed by atoms with van der Waals surface area (Å²) in [4.78, 5) is 15.1. The van der Waals surface area contributed by atoms with Crippen LogP contribution in [0, 0.1) is 11.2 Å². The summed E-state index contributed by atoms with van der Waals surface area (Å²) < 4.78 is 101. The van der Waals surface area contributed by atoms with Crippen molar-refractivity contribution in [2.24, 2.45) is 5.41 Å². The summed E-state index contributed by atoms with van der Waals surface area (Å²) in [5.74, 6) is -1.13. The van der Waals surface area contributed by atoms with E-state index in [-0.39, 0.29) is 30.1 Å². The average Bonchev–Trinajstić information content (AvgIpc) is 3.54. The van der Waals surface area contributed by atoms with Crippen molar-refractivity contribution in [3.05, 3.63) is 83.2 Å². The van der Waals surface area contributed by atoms with Gasteiger partial charge in [0, 0.05) is 25.0 Å². The van der Waals surface area contributed by atoms with Gasteiger partial charge in [-0.2, -0.15) is 26.3 Å². The molecule has 0 spiro atoms. The van der Waals surface area contributed by atoms with Gasteiger partial charge in [-0.15, -0.1) is 10.2 Å². The highest BCUT2D eigenvalue weighted by atomic mass is 19.4. The normalized spacial score (nSPS) is 25.4. The summed E-state index contributed by atoms with van der Waals surface area (Å²) >= 11 is 0. The number of halogens is 7. The zero-order valence-electron chi connectivity index (χ0n) is 20.5. The molecule has 2 aliphatic heterocycles. The first-order chi connectivity index (χ1) is 18.2. The maximum absolute atomic E-state index is 13.7. The molecule has 2 aromatic carbocycles. The molecule has 5 rings (SSSR count). The second kappa shape index (κ2) is 9.61. The molecule has 1 amide bonds. The Morgan fingerprint density at radius 1 is 0.974 bits per heavy atom. The molecule has 208 valence electrons. The van der Waals surface area contributed by atoms with E-state index in [1.807, 2.05) is 6.92 Å². The predicted octanol–water partition coefficient (Wildman–Crippen LogP) is 5.44. The Balaban J connectivity index is 1.42. The molecule has 4 atom stereocenters. The van der Waals surface area contributed by atoms with Gasteiger partial charge < -0.3 is 14.2 Å². The van der Waals surface area contributed by atoms with Crippen molar-refractivity contribution in [3.8, 4) is 0 Å². The third kappa shape index (κ3) is 5.36. The molecule has 0 aliphatic carbocycles. The Kier molecular flexibility index (Phi) is 6.68. The molecular formula is C26H23F7N4O2. The van der Waals surface area contributed by atoms with Crippen LogP contribution in [0.15, 0.2) is 55.1 Å². The third-order valence-electron chi connectivity index (χ3n) is 7.39. The number of amides is 1. The molecular weight excluding hydrogens is 533 g/mol. The standard InChI is InChI=1S/C26H23F7N4O2/c1-24(12-36-13-34-35-14-36)9-20-22(16-2-4-19(27)5-3-16)21(10-37(20)23(24)38)39-11-15-6-17(25(28,29)30)8-18(7-15)26(31,32)33/h2-8,13-14,20-22H,9-12H2,1H3/t20-,21-,22?,24?/m0/s1.